The smallest absolute Gasteiger partial charge is 0.414 e. The highest BCUT2D eigenvalue weighted by Crippen LogP contribution is 2.12. The van der Waals surface area contributed by atoms with Crippen LogP contribution in [-0.2, 0) is 9.59 Å². The number of carbonyl (C=O) groups excluding carboxylic acids is 1. The van der Waals surface area contributed by atoms with Crippen molar-refractivity contribution >= 4 is 18.0 Å². The van der Waals surface area contributed by atoms with Crippen molar-refractivity contribution in [1.82, 2.24) is 15.5 Å². The number of hydrogen-bond donors (Lipinski definition) is 4. The van der Waals surface area contributed by atoms with Gasteiger partial charge in [-0.05, 0) is 38.3 Å². The van der Waals surface area contributed by atoms with Crippen molar-refractivity contribution in [3.05, 3.63) is 0 Å². The van der Waals surface area contributed by atoms with Crippen molar-refractivity contribution in [2.24, 2.45) is 5.92 Å². The van der Waals surface area contributed by atoms with Gasteiger partial charge in [0.2, 0.25) is 0 Å². The number of aliphatic carboxylic acids is 2. The van der Waals surface area contributed by atoms with Crippen LogP contribution >= 0.6 is 0 Å². The minimum absolute atomic E-state index is 0.0759. The fourth-order valence-corrected chi connectivity index (χ4v) is 2.04. The van der Waals surface area contributed by atoms with Gasteiger partial charge in [0.1, 0.15) is 0 Å². The number of carbonyl (C=O) groups is 3. The van der Waals surface area contributed by atoms with Crippen LogP contribution < -0.4 is 10.6 Å². The average Bonchev–Trinajstić information content (AvgIpc) is 2.49. The maximum absolute atomic E-state index is 11.7. The second-order valence-corrected chi connectivity index (χ2v) is 5.27. The molecule has 4 N–H and O–H groups in total. The van der Waals surface area contributed by atoms with Gasteiger partial charge in [-0.3, -0.25) is 0 Å². The summed E-state index contributed by atoms with van der Waals surface area (Å²) in [6, 6.07) is 0.0759. The minimum atomic E-state index is -1.82. The second-order valence-electron chi connectivity index (χ2n) is 5.27. The Balaban J connectivity index is 0.000000626. The van der Waals surface area contributed by atoms with E-state index in [1.54, 1.807) is 0 Å². The number of urea groups is 1. The molecule has 0 unspecified atom stereocenters. The highest BCUT2D eigenvalue weighted by molar-refractivity contribution is 6.27. The lowest BCUT2D eigenvalue weighted by Gasteiger charge is -2.27. The Kier molecular flexibility index (Phi) is 10.8. The minimum Gasteiger partial charge on any atom is -0.473 e. The van der Waals surface area contributed by atoms with E-state index in [9.17, 15) is 4.79 Å². The molecule has 1 rings (SSSR count). The first kappa shape index (κ1) is 20.2. The summed E-state index contributed by atoms with van der Waals surface area (Å²) in [5.41, 5.74) is 0. The molecule has 1 saturated heterocycles. The van der Waals surface area contributed by atoms with Crippen LogP contribution in [0.2, 0.25) is 0 Å². The zero-order chi connectivity index (χ0) is 17.0. The molecule has 22 heavy (non-hydrogen) atoms. The van der Waals surface area contributed by atoms with Gasteiger partial charge >= 0.3 is 18.0 Å². The zero-order valence-corrected chi connectivity index (χ0v) is 13.3. The number of piperidine rings is 1. The largest absolute Gasteiger partial charge is 0.473 e. The number of amides is 2. The van der Waals surface area contributed by atoms with Gasteiger partial charge in [0.05, 0.1) is 0 Å². The average molecular weight is 317 g/mol. The molecule has 0 spiro atoms. The van der Waals surface area contributed by atoms with Crippen molar-refractivity contribution < 1.29 is 24.6 Å². The molecule has 0 bridgehead atoms. The van der Waals surface area contributed by atoms with Crippen molar-refractivity contribution in [2.45, 2.75) is 32.6 Å². The number of nitrogens with zero attached hydrogens (tertiary/aromatic N) is 1. The van der Waals surface area contributed by atoms with E-state index in [4.69, 9.17) is 19.8 Å². The van der Waals surface area contributed by atoms with Gasteiger partial charge in [-0.15, -0.1) is 0 Å². The maximum Gasteiger partial charge on any atom is 0.414 e. The first-order valence-electron chi connectivity index (χ1n) is 7.54. The second kappa shape index (κ2) is 11.8. The van der Waals surface area contributed by atoms with E-state index in [0.717, 1.165) is 39.0 Å². The van der Waals surface area contributed by atoms with Crippen molar-refractivity contribution in [3.8, 4) is 0 Å². The Hall–Kier alpha value is -1.83. The van der Waals surface area contributed by atoms with Gasteiger partial charge < -0.3 is 25.7 Å². The molecular formula is C14H27N3O5. The van der Waals surface area contributed by atoms with Gasteiger partial charge in [-0.2, -0.15) is 0 Å². The van der Waals surface area contributed by atoms with Gasteiger partial charge in [-0.1, -0.05) is 13.3 Å². The molecular weight excluding hydrogens is 290 g/mol. The number of nitrogens with one attached hydrogen (secondary N) is 2. The standard InChI is InChI=1S/C12H25N3O.C2H2O4/c1-3-4-7-14-12(16)15(2)10-11-5-8-13-9-6-11;3-1(4)2(5)6/h11,13H,3-10H2,1-2H3,(H,14,16);(H,3,4)(H,5,6). The Bertz CT molecular complexity index is 344. The summed E-state index contributed by atoms with van der Waals surface area (Å²) < 4.78 is 0. The monoisotopic (exact) mass is 317 g/mol. The normalized spacial score (nSPS) is 14.5. The lowest BCUT2D eigenvalue weighted by atomic mass is 9.98. The van der Waals surface area contributed by atoms with E-state index in [-0.39, 0.29) is 6.03 Å². The molecule has 8 heteroatoms. The van der Waals surface area contributed by atoms with Crippen LogP contribution in [0.4, 0.5) is 4.79 Å². The van der Waals surface area contributed by atoms with Crippen molar-refractivity contribution in [2.75, 3.05) is 33.2 Å². The molecule has 0 aromatic heterocycles. The Labute approximate surface area is 130 Å². The molecule has 0 atom stereocenters. The van der Waals surface area contributed by atoms with Crippen molar-refractivity contribution in [3.63, 3.8) is 0 Å². The molecule has 1 fully saturated rings. The van der Waals surface area contributed by atoms with E-state index < -0.39 is 11.9 Å². The molecule has 1 heterocycles. The first-order chi connectivity index (χ1) is 10.4. The van der Waals surface area contributed by atoms with E-state index in [2.05, 4.69) is 17.6 Å². The summed E-state index contributed by atoms with van der Waals surface area (Å²) in [6.07, 6.45) is 4.56. The summed E-state index contributed by atoms with van der Waals surface area (Å²) in [7, 11) is 1.89. The van der Waals surface area contributed by atoms with Crippen LogP contribution in [0.3, 0.4) is 0 Å². The van der Waals surface area contributed by atoms with E-state index >= 15 is 0 Å². The third kappa shape index (κ3) is 9.98. The molecule has 128 valence electrons. The van der Waals surface area contributed by atoms with E-state index in [0.29, 0.717) is 5.92 Å². The third-order valence-corrected chi connectivity index (χ3v) is 3.33. The SMILES string of the molecule is CCCCNC(=O)N(C)CC1CCNCC1.O=C(O)C(=O)O. The number of rotatable bonds is 5. The summed E-state index contributed by atoms with van der Waals surface area (Å²) in [5.74, 6) is -2.98. The van der Waals surface area contributed by atoms with E-state index in [1.807, 2.05) is 11.9 Å². The fraction of sp³-hybridized carbons (Fsp3) is 0.786. The van der Waals surface area contributed by atoms with Crippen LogP contribution in [0.5, 0.6) is 0 Å². The molecule has 1 aliphatic heterocycles. The molecule has 0 aromatic rings. The fourth-order valence-electron chi connectivity index (χ4n) is 2.04. The third-order valence-electron chi connectivity index (χ3n) is 3.33. The maximum atomic E-state index is 11.7. The Morgan fingerprint density at radius 3 is 2.18 bits per heavy atom. The Morgan fingerprint density at radius 2 is 1.73 bits per heavy atom. The topological polar surface area (TPSA) is 119 Å². The van der Waals surface area contributed by atoms with Crippen LogP contribution in [0.1, 0.15) is 32.6 Å². The lowest BCUT2D eigenvalue weighted by Crippen LogP contribution is -2.42. The molecule has 2 amide bonds. The first-order valence-corrected chi connectivity index (χ1v) is 7.54. The lowest BCUT2D eigenvalue weighted by molar-refractivity contribution is -0.159. The zero-order valence-electron chi connectivity index (χ0n) is 13.3. The highest BCUT2D eigenvalue weighted by atomic mass is 16.4. The quantitative estimate of drug-likeness (QED) is 0.435. The molecule has 0 radical (unpaired) electrons. The van der Waals surface area contributed by atoms with Crippen LogP contribution in [-0.4, -0.2) is 66.3 Å². The molecule has 1 aliphatic rings. The molecule has 0 aliphatic carbocycles. The van der Waals surface area contributed by atoms with Gasteiger partial charge in [-0.25, -0.2) is 14.4 Å². The predicted octanol–water partition coefficient (Wildman–Crippen LogP) is 0.583. The van der Waals surface area contributed by atoms with E-state index in [1.165, 1.54) is 12.8 Å². The van der Waals surface area contributed by atoms with Gasteiger partial charge in [0, 0.05) is 20.1 Å². The molecule has 0 aromatic carbocycles. The van der Waals surface area contributed by atoms with Crippen molar-refractivity contribution in [1.29, 1.82) is 0 Å². The predicted molar refractivity (Wildman–Crippen MR) is 81.8 cm³/mol. The van der Waals surface area contributed by atoms with Crippen LogP contribution in [0, 0.1) is 5.92 Å². The number of unbranched alkanes of at least 4 members (excludes halogenated alkanes) is 1. The molecule has 8 nitrogen and oxygen atoms in total. The Morgan fingerprint density at radius 1 is 1.18 bits per heavy atom. The van der Waals surface area contributed by atoms with Crippen LogP contribution in [0.25, 0.3) is 0 Å². The van der Waals surface area contributed by atoms with Gasteiger partial charge in [0.25, 0.3) is 0 Å². The summed E-state index contributed by atoms with van der Waals surface area (Å²) in [4.78, 5) is 31.7. The number of carboxylic acid groups (broad SMARTS) is 2. The highest BCUT2D eigenvalue weighted by Gasteiger charge is 2.17. The number of carboxylic acids is 2. The molecule has 0 saturated carbocycles. The summed E-state index contributed by atoms with van der Waals surface area (Å²) in [6.45, 7) is 6.00. The van der Waals surface area contributed by atoms with Crippen LogP contribution in [0.15, 0.2) is 0 Å². The summed E-state index contributed by atoms with van der Waals surface area (Å²) in [5, 5.41) is 21.1. The van der Waals surface area contributed by atoms with Gasteiger partial charge in [0.15, 0.2) is 0 Å². The summed E-state index contributed by atoms with van der Waals surface area (Å²) >= 11 is 0. The number of hydrogen-bond acceptors (Lipinski definition) is 4.